The Balaban J connectivity index is 3.50. The van der Waals surface area contributed by atoms with Crippen molar-refractivity contribution in [3.8, 4) is 0 Å². The van der Waals surface area contributed by atoms with Crippen LogP contribution in [0.3, 0.4) is 0 Å². The van der Waals surface area contributed by atoms with Crippen molar-refractivity contribution in [1.29, 1.82) is 0 Å². The molecule has 1 amide bonds. The largest absolute Gasteiger partial charge is 0.366 e. The number of aryl methyl sites for hydroxylation is 1. The quantitative estimate of drug-likeness (QED) is 0.451. The Labute approximate surface area is 84.8 Å². The number of hydrogen-bond acceptors (Lipinski definition) is 4. The van der Waals surface area contributed by atoms with E-state index in [0.717, 1.165) is 6.07 Å². The lowest BCUT2D eigenvalue weighted by Crippen LogP contribution is -2.14. The molecule has 0 aromatic heterocycles. The van der Waals surface area contributed by atoms with Gasteiger partial charge >= 0.3 is 0 Å². The summed E-state index contributed by atoms with van der Waals surface area (Å²) < 4.78 is 0. The summed E-state index contributed by atoms with van der Waals surface area (Å²) in [5.41, 5.74) is 5.00. The van der Waals surface area contributed by atoms with Crippen LogP contribution in [0, 0.1) is 17.0 Å². The van der Waals surface area contributed by atoms with E-state index in [0.29, 0.717) is 11.8 Å². The first-order chi connectivity index (χ1) is 6.97. The molecule has 0 fully saturated rings. The first-order valence-electron chi connectivity index (χ1n) is 4.01. The van der Waals surface area contributed by atoms with E-state index in [4.69, 9.17) is 5.73 Å². The van der Waals surface area contributed by atoms with Crippen LogP contribution in [0.25, 0.3) is 0 Å². The number of nitro benzene ring substituents is 1. The molecule has 0 atom stereocenters. The van der Waals surface area contributed by atoms with Crippen LogP contribution in [-0.4, -0.2) is 17.1 Å². The van der Waals surface area contributed by atoms with Gasteiger partial charge in [0.15, 0.2) is 6.29 Å². The van der Waals surface area contributed by atoms with Gasteiger partial charge in [0, 0.05) is 17.2 Å². The van der Waals surface area contributed by atoms with Crippen LogP contribution in [0.2, 0.25) is 0 Å². The normalized spacial score (nSPS) is 9.67. The highest BCUT2D eigenvalue weighted by Crippen LogP contribution is 2.21. The van der Waals surface area contributed by atoms with Gasteiger partial charge < -0.3 is 5.73 Å². The number of rotatable bonds is 3. The highest BCUT2D eigenvalue weighted by molar-refractivity contribution is 6.01. The maximum absolute atomic E-state index is 10.9. The summed E-state index contributed by atoms with van der Waals surface area (Å²) in [6.45, 7) is 1.48. The predicted molar refractivity (Wildman–Crippen MR) is 51.7 cm³/mol. The summed E-state index contributed by atoms with van der Waals surface area (Å²) in [5, 5.41) is 10.6. The third-order valence-corrected chi connectivity index (χ3v) is 1.96. The zero-order chi connectivity index (χ0) is 11.6. The average molecular weight is 208 g/mol. The number of hydrogen-bond donors (Lipinski definition) is 1. The monoisotopic (exact) mass is 208 g/mol. The van der Waals surface area contributed by atoms with Crippen LogP contribution in [0.5, 0.6) is 0 Å². The maximum atomic E-state index is 10.9. The van der Waals surface area contributed by atoms with Crippen LogP contribution >= 0.6 is 0 Å². The van der Waals surface area contributed by atoms with Crippen molar-refractivity contribution in [3.05, 3.63) is 38.9 Å². The smallest absolute Gasteiger partial charge is 0.273 e. The molecule has 0 aliphatic carbocycles. The SMILES string of the molecule is Cc1cc(C=O)c(C(N)=O)cc1[N+](=O)[O-]. The van der Waals surface area contributed by atoms with E-state index in [1.54, 1.807) is 0 Å². The molecule has 15 heavy (non-hydrogen) atoms. The van der Waals surface area contributed by atoms with E-state index < -0.39 is 10.8 Å². The van der Waals surface area contributed by atoms with Crippen molar-refractivity contribution >= 4 is 17.9 Å². The van der Waals surface area contributed by atoms with Gasteiger partial charge in [-0.2, -0.15) is 0 Å². The zero-order valence-electron chi connectivity index (χ0n) is 7.89. The summed E-state index contributed by atoms with van der Waals surface area (Å²) >= 11 is 0. The molecule has 6 heteroatoms. The lowest BCUT2D eigenvalue weighted by atomic mass is 10.0. The van der Waals surface area contributed by atoms with Crippen molar-refractivity contribution in [3.63, 3.8) is 0 Å². The first kappa shape index (κ1) is 10.8. The second-order valence-electron chi connectivity index (χ2n) is 2.97. The molecule has 0 aliphatic heterocycles. The fourth-order valence-corrected chi connectivity index (χ4v) is 1.23. The summed E-state index contributed by atoms with van der Waals surface area (Å²) in [6, 6.07) is 2.28. The van der Waals surface area contributed by atoms with Crippen LogP contribution in [-0.2, 0) is 0 Å². The Bertz CT molecular complexity index is 454. The number of carbonyl (C=O) groups is 2. The molecule has 1 aromatic rings. The number of primary amides is 1. The fourth-order valence-electron chi connectivity index (χ4n) is 1.23. The number of benzene rings is 1. The van der Waals surface area contributed by atoms with Crippen LogP contribution < -0.4 is 5.73 Å². The Morgan fingerprint density at radius 3 is 2.53 bits per heavy atom. The molecule has 0 spiro atoms. The van der Waals surface area contributed by atoms with Gasteiger partial charge in [0.25, 0.3) is 5.69 Å². The Kier molecular flexibility index (Phi) is 2.80. The minimum Gasteiger partial charge on any atom is -0.366 e. The van der Waals surface area contributed by atoms with Crippen LogP contribution in [0.4, 0.5) is 5.69 Å². The van der Waals surface area contributed by atoms with Crippen molar-refractivity contribution in [2.24, 2.45) is 5.73 Å². The van der Waals surface area contributed by atoms with Crippen LogP contribution in [0.1, 0.15) is 26.3 Å². The van der Waals surface area contributed by atoms with Gasteiger partial charge in [-0.05, 0) is 13.0 Å². The minimum absolute atomic E-state index is 0.0607. The molecule has 0 heterocycles. The topological polar surface area (TPSA) is 103 Å². The fraction of sp³-hybridized carbons (Fsp3) is 0.111. The molecule has 0 saturated heterocycles. The Hall–Kier alpha value is -2.24. The molecule has 0 radical (unpaired) electrons. The van der Waals surface area contributed by atoms with E-state index >= 15 is 0 Å². The second-order valence-corrected chi connectivity index (χ2v) is 2.97. The second kappa shape index (κ2) is 3.87. The highest BCUT2D eigenvalue weighted by atomic mass is 16.6. The number of amides is 1. The van der Waals surface area contributed by atoms with Crippen LogP contribution in [0.15, 0.2) is 12.1 Å². The van der Waals surface area contributed by atoms with Gasteiger partial charge in [0.2, 0.25) is 5.91 Å². The summed E-state index contributed by atoms with van der Waals surface area (Å²) in [6.07, 6.45) is 0.441. The maximum Gasteiger partial charge on any atom is 0.273 e. The molecule has 78 valence electrons. The summed E-state index contributed by atoms with van der Waals surface area (Å²) in [4.78, 5) is 31.4. The van der Waals surface area contributed by atoms with Crippen molar-refractivity contribution in [2.45, 2.75) is 6.92 Å². The molecule has 0 bridgehead atoms. The van der Waals surface area contributed by atoms with Gasteiger partial charge in [-0.3, -0.25) is 19.7 Å². The van der Waals surface area contributed by atoms with Crippen molar-refractivity contribution < 1.29 is 14.5 Å². The zero-order valence-corrected chi connectivity index (χ0v) is 7.89. The molecule has 6 nitrogen and oxygen atoms in total. The molecule has 1 rings (SSSR count). The summed E-state index contributed by atoms with van der Waals surface area (Å²) in [5.74, 6) is -0.861. The molecular formula is C9H8N2O4. The van der Waals surface area contributed by atoms with Gasteiger partial charge in [-0.15, -0.1) is 0 Å². The number of carbonyl (C=O) groups excluding carboxylic acids is 2. The Morgan fingerprint density at radius 2 is 2.13 bits per heavy atom. The third-order valence-electron chi connectivity index (χ3n) is 1.96. The summed E-state index contributed by atoms with van der Waals surface area (Å²) in [7, 11) is 0. The number of aldehydes is 1. The van der Waals surface area contributed by atoms with Gasteiger partial charge in [-0.1, -0.05) is 0 Å². The first-order valence-corrected chi connectivity index (χ1v) is 4.01. The van der Waals surface area contributed by atoms with Gasteiger partial charge in [0.05, 0.1) is 10.5 Å². The lowest BCUT2D eigenvalue weighted by Gasteiger charge is -2.02. The van der Waals surface area contributed by atoms with E-state index in [9.17, 15) is 19.7 Å². The van der Waals surface area contributed by atoms with Gasteiger partial charge in [-0.25, -0.2) is 0 Å². The Morgan fingerprint density at radius 1 is 1.53 bits per heavy atom. The van der Waals surface area contributed by atoms with E-state index in [1.807, 2.05) is 0 Å². The molecule has 1 aromatic carbocycles. The minimum atomic E-state index is -0.861. The standard InChI is InChI=1S/C9H8N2O4/c1-5-2-6(4-12)7(9(10)13)3-8(5)11(14)15/h2-4H,1H3,(H2,10,13). The predicted octanol–water partition coefficient (Wildman–Crippen LogP) is 0.815. The van der Waals surface area contributed by atoms with Crippen molar-refractivity contribution in [2.75, 3.05) is 0 Å². The number of nitro groups is 1. The molecule has 0 aliphatic rings. The molecule has 0 saturated carbocycles. The van der Waals surface area contributed by atoms with E-state index in [2.05, 4.69) is 0 Å². The lowest BCUT2D eigenvalue weighted by molar-refractivity contribution is -0.385. The number of nitrogens with zero attached hydrogens (tertiary/aromatic N) is 1. The van der Waals surface area contributed by atoms with E-state index in [1.165, 1.54) is 13.0 Å². The van der Waals surface area contributed by atoms with Gasteiger partial charge in [0.1, 0.15) is 0 Å². The molecule has 2 N–H and O–H groups in total. The van der Waals surface area contributed by atoms with E-state index in [-0.39, 0.29) is 16.8 Å². The molecular weight excluding hydrogens is 200 g/mol. The van der Waals surface area contributed by atoms with Crippen molar-refractivity contribution in [1.82, 2.24) is 0 Å². The highest BCUT2D eigenvalue weighted by Gasteiger charge is 2.17. The molecule has 0 unspecified atom stereocenters. The number of nitrogens with two attached hydrogens (primary N) is 1. The third kappa shape index (κ3) is 1.98. The average Bonchev–Trinajstić information content (AvgIpc) is 2.16.